The fourth-order valence-electron chi connectivity index (χ4n) is 1.34. The average molecular weight is 315 g/mol. The van der Waals surface area contributed by atoms with Crippen molar-refractivity contribution in [2.24, 2.45) is 0 Å². The van der Waals surface area contributed by atoms with Crippen molar-refractivity contribution in [1.29, 1.82) is 0 Å². The molecule has 3 amide bonds. The van der Waals surface area contributed by atoms with Crippen LogP contribution in [0.25, 0.3) is 0 Å². The molecular formula is C11H17N5O2S2. The quantitative estimate of drug-likeness (QED) is 0.687. The zero-order valence-electron chi connectivity index (χ0n) is 11.3. The molecule has 0 radical (unpaired) electrons. The molecule has 2 rings (SSSR count). The highest BCUT2D eigenvalue weighted by Gasteiger charge is 2.23. The minimum Gasteiger partial charge on any atom is -0.357 e. The third-order valence-electron chi connectivity index (χ3n) is 2.53. The summed E-state index contributed by atoms with van der Waals surface area (Å²) in [4.78, 5) is 23.0. The maximum absolute atomic E-state index is 11.8. The van der Waals surface area contributed by atoms with E-state index in [-0.39, 0.29) is 5.91 Å². The second-order valence-electron chi connectivity index (χ2n) is 4.40. The van der Waals surface area contributed by atoms with Gasteiger partial charge in [0, 0.05) is 12.6 Å². The van der Waals surface area contributed by atoms with Gasteiger partial charge in [0.1, 0.15) is 0 Å². The van der Waals surface area contributed by atoms with Crippen LogP contribution in [-0.4, -0.2) is 40.0 Å². The summed E-state index contributed by atoms with van der Waals surface area (Å²) >= 11 is 2.72. The molecular weight excluding hydrogens is 298 g/mol. The van der Waals surface area contributed by atoms with Gasteiger partial charge in [-0.25, -0.2) is 4.79 Å². The SMILES string of the molecule is CCNC(=O)NC(=O)[C@H](C)Sc1nnc(NC2CC2)s1. The number of hydrogen-bond donors (Lipinski definition) is 3. The van der Waals surface area contributed by atoms with Crippen LogP contribution in [0.3, 0.4) is 0 Å². The van der Waals surface area contributed by atoms with Crippen molar-refractivity contribution in [3.63, 3.8) is 0 Å². The first-order valence-electron chi connectivity index (χ1n) is 6.44. The first-order valence-corrected chi connectivity index (χ1v) is 8.13. The normalized spacial score (nSPS) is 15.5. The number of anilines is 1. The summed E-state index contributed by atoms with van der Waals surface area (Å²) in [5.74, 6) is -0.340. The Labute approximate surface area is 125 Å². The molecule has 0 aliphatic heterocycles. The van der Waals surface area contributed by atoms with E-state index in [0.29, 0.717) is 16.9 Å². The molecule has 0 bridgehead atoms. The zero-order valence-corrected chi connectivity index (χ0v) is 12.9. The molecule has 1 saturated carbocycles. The van der Waals surface area contributed by atoms with Crippen molar-refractivity contribution in [2.75, 3.05) is 11.9 Å². The fraction of sp³-hybridized carbons (Fsp3) is 0.636. The highest BCUT2D eigenvalue weighted by molar-refractivity contribution is 8.02. The third-order valence-corrected chi connectivity index (χ3v) is 4.57. The lowest BCUT2D eigenvalue weighted by Gasteiger charge is -2.09. The molecule has 1 aliphatic carbocycles. The van der Waals surface area contributed by atoms with Gasteiger partial charge in [-0.05, 0) is 26.7 Å². The molecule has 0 unspecified atom stereocenters. The number of carbonyl (C=O) groups excluding carboxylic acids is 2. The van der Waals surface area contributed by atoms with Crippen LogP contribution in [0.15, 0.2) is 4.34 Å². The summed E-state index contributed by atoms with van der Waals surface area (Å²) in [7, 11) is 0. The van der Waals surface area contributed by atoms with Gasteiger partial charge < -0.3 is 10.6 Å². The van der Waals surface area contributed by atoms with E-state index >= 15 is 0 Å². The van der Waals surface area contributed by atoms with E-state index in [1.165, 1.54) is 35.9 Å². The van der Waals surface area contributed by atoms with Crippen molar-refractivity contribution in [3.8, 4) is 0 Å². The lowest BCUT2D eigenvalue weighted by Crippen LogP contribution is -2.42. The Kier molecular flexibility index (Phi) is 5.18. The molecule has 1 atom stereocenters. The lowest BCUT2D eigenvalue weighted by molar-refractivity contribution is -0.119. The third kappa shape index (κ3) is 4.64. The Morgan fingerprint density at radius 2 is 2.20 bits per heavy atom. The van der Waals surface area contributed by atoms with Crippen LogP contribution in [0.1, 0.15) is 26.7 Å². The summed E-state index contributed by atoms with van der Waals surface area (Å²) in [6.07, 6.45) is 2.35. The lowest BCUT2D eigenvalue weighted by atomic mass is 10.4. The molecule has 1 aliphatic rings. The van der Waals surface area contributed by atoms with Gasteiger partial charge in [0.2, 0.25) is 11.0 Å². The van der Waals surface area contributed by atoms with Gasteiger partial charge >= 0.3 is 6.03 Å². The highest BCUT2D eigenvalue weighted by Crippen LogP contribution is 2.31. The summed E-state index contributed by atoms with van der Waals surface area (Å²) in [6.45, 7) is 4.00. The predicted molar refractivity (Wildman–Crippen MR) is 79.1 cm³/mol. The summed E-state index contributed by atoms with van der Waals surface area (Å²) in [6, 6.07) is 0.0533. The van der Waals surface area contributed by atoms with Crippen LogP contribution < -0.4 is 16.0 Å². The minimum atomic E-state index is -0.474. The van der Waals surface area contributed by atoms with E-state index < -0.39 is 11.3 Å². The number of carbonyl (C=O) groups is 2. The van der Waals surface area contributed by atoms with E-state index in [2.05, 4.69) is 26.1 Å². The summed E-state index contributed by atoms with van der Waals surface area (Å²) in [5.41, 5.74) is 0. The predicted octanol–water partition coefficient (Wildman–Crippen LogP) is 1.44. The number of hydrogen-bond acceptors (Lipinski definition) is 7. The standard InChI is InChI=1S/C11H17N5O2S2/c1-3-12-9(18)14-8(17)6(2)19-11-16-15-10(20-11)13-7-4-5-7/h6-7H,3-5H2,1-2H3,(H,13,15)(H2,12,14,17,18)/t6-/m0/s1. The smallest absolute Gasteiger partial charge is 0.321 e. The first-order chi connectivity index (χ1) is 9.58. The molecule has 0 spiro atoms. The van der Waals surface area contributed by atoms with Crippen LogP contribution in [0.4, 0.5) is 9.93 Å². The minimum absolute atomic E-state index is 0.340. The van der Waals surface area contributed by atoms with Crippen LogP contribution >= 0.6 is 23.1 Å². The number of nitrogens with zero attached hydrogens (tertiary/aromatic N) is 2. The van der Waals surface area contributed by atoms with Gasteiger partial charge in [0.15, 0.2) is 4.34 Å². The maximum atomic E-state index is 11.8. The molecule has 1 heterocycles. The number of thioether (sulfide) groups is 1. The van der Waals surface area contributed by atoms with Crippen molar-refractivity contribution in [3.05, 3.63) is 0 Å². The zero-order chi connectivity index (χ0) is 14.5. The number of rotatable bonds is 6. The molecule has 1 aromatic rings. The van der Waals surface area contributed by atoms with Gasteiger partial charge in [-0.3, -0.25) is 10.1 Å². The topological polar surface area (TPSA) is 96.0 Å². The maximum Gasteiger partial charge on any atom is 0.321 e. The van der Waals surface area contributed by atoms with E-state index in [1.54, 1.807) is 13.8 Å². The Morgan fingerprint density at radius 3 is 2.85 bits per heavy atom. The van der Waals surface area contributed by atoms with Gasteiger partial charge in [-0.1, -0.05) is 23.1 Å². The Balaban J connectivity index is 1.80. The number of urea groups is 1. The molecule has 0 aromatic carbocycles. The van der Waals surface area contributed by atoms with Gasteiger partial charge in [-0.15, -0.1) is 10.2 Å². The van der Waals surface area contributed by atoms with E-state index in [1.807, 2.05) is 0 Å². The van der Waals surface area contributed by atoms with Gasteiger partial charge in [0.25, 0.3) is 0 Å². The monoisotopic (exact) mass is 315 g/mol. The average Bonchev–Trinajstić information content (AvgIpc) is 3.09. The number of amides is 3. The summed E-state index contributed by atoms with van der Waals surface area (Å²) < 4.78 is 0.715. The molecule has 1 fully saturated rings. The van der Waals surface area contributed by atoms with Crippen molar-refractivity contribution in [1.82, 2.24) is 20.8 Å². The molecule has 3 N–H and O–H groups in total. The fourth-order valence-corrected chi connectivity index (χ4v) is 3.31. The molecule has 9 heteroatoms. The Hall–Kier alpha value is -1.35. The van der Waals surface area contributed by atoms with Crippen LogP contribution in [0.5, 0.6) is 0 Å². The first kappa shape index (κ1) is 15.0. The van der Waals surface area contributed by atoms with E-state index in [4.69, 9.17) is 0 Å². The van der Waals surface area contributed by atoms with E-state index in [0.717, 1.165) is 5.13 Å². The highest BCUT2D eigenvalue weighted by atomic mass is 32.2. The van der Waals surface area contributed by atoms with Crippen molar-refractivity contribution < 1.29 is 9.59 Å². The van der Waals surface area contributed by atoms with Gasteiger partial charge in [0.05, 0.1) is 5.25 Å². The number of nitrogens with one attached hydrogen (secondary N) is 3. The molecule has 0 saturated heterocycles. The van der Waals surface area contributed by atoms with E-state index in [9.17, 15) is 9.59 Å². The molecule has 110 valence electrons. The largest absolute Gasteiger partial charge is 0.357 e. The van der Waals surface area contributed by atoms with Crippen LogP contribution in [0.2, 0.25) is 0 Å². The summed E-state index contributed by atoms with van der Waals surface area (Å²) in [5, 5.41) is 16.5. The molecule has 7 nitrogen and oxygen atoms in total. The molecule has 20 heavy (non-hydrogen) atoms. The molecule has 1 aromatic heterocycles. The second kappa shape index (κ2) is 6.89. The Bertz CT molecular complexity index is 489. The Morgan fingerprint density at radius 1 is 1.45 bits per heavy atom. The number of aromatic nitrogens is 2. The number of imide groups is 1. The van der Waals surface area contributed by atoms with Crippen LogP contribution in [-0.2, 0) is 4.79 Å². The van der Waals surface area contributed by atoms with Crippen LogP contribution in [0, 0.1) is 0 Å². The van der Waals surface area contributed by atoms with Crippen molar-refractivity contribution >= 4 is 40.2 Å². The second-order valence-corrected chi connectivity index (χ2v) is 6.97. The van der Waals surface area contributed by atoms with Gasteiger partial charge in [-0.2, -0.15) is 0 Å². The van der Waals surface area contributed by atoms with Crippen molar-refractivity contribution in [2.45, 2.75) is 42.3 Å².